The molecule has 1 aromatic heterocycles. The molecule has 2 rings (SSSR count). The lowest BCUT2D eigenvalue weighted by molar-refractivity contribution is 0.0981. The number of rotatable bonds is 1. The molecule has 1 heterocycles. The van der Waals surface area contributed by atoms with Crippen molar-refractivity contribution in [1.82, 2.24) is 9.97 Å². The minimum Gasteiger partial charge on any atom is -0.357 e. The predicted octanol–water partition coefficient (Wildman–Crippen LogP) is 1.43. The number of aromatic nitrogens is 2. The number of carbonyl (C=O) groups excluding carboxylic acids is 1. The van der Waals surface area contributed by atoms with Crippen LogP contribution in [0.15, 0.2) is 6.20 Å². The third-order valence-electron chi connectivity index (χ3n) is 2.46. The Kier molecular flexibility index (Phi) is 2.43. The van der Waals surface area contributed by atoms with Gasteiger partial charge in [0.25, 0.3) is 0 Å². The highest BCUT2D eigenvalue weighted by Crippen LogP contribution is 2.18. The van der Waals surface area contributed by atoms with Gasteiger partial charge in [0, 0.05) is 19.7 Å². The van der Waals surface area contributed by atoms with E-state index in [-0.39, 0.29) is 5.78 Å². The van der Waals surface area contributed by atoms with E-state index < -0.39 is 0 Å². The highest BCUT2D eigenvalue weighted by atomic mass is 16.1. The predicted molar refractivity (Wildman–Crippen MR) is 53.5 cm³/mol. The average molecular weight is 191 g/mol. The first-order valence-electron chi connectivity index (χ1n) is 4.88. The van der Waals surface area contributed by atoms with E-state index in [0.717, 1.165) is 25.0 Å². The van der Waals surface area contributed by atoms with Gasteiger partial charge in [-0.15, -0.1) is 0 Å². The Morgan fingerprint density at radius 2 is 2.14 bits per heavy atom. The second-order valence-electron chi connectivity index (χ2n) is 3.43. The number of nitrogens with one attached hydrogen (secondary N) is 1. The second kappa shape index (κ2) is 3.74. The quantitative estimate of drug-likeness (QED) is 0.682. The van der Waals surface area contributed by atoms with Crippen molar-refractivity contribution in [2.45, 2.75) is 25.7 Å². The van der Waals surface area contributed by atoms with Crippen LogP contribution >= 0.6 is 0 Å². The second-order valence-corrected chi connectivity index (χ2v) is 3.43. The molecule has 74 valence electrons. The number of hydrogen-bond acceptors (Lipinski definition) is 4. The number of anilines is 1. The number of aryl methyl sites for hydroxylation is 1. The smallest absolute Gasteiger partial charge is 0.222 e. The molecule has 0 bridgehead atoms. The SMILES string of the molecule is CNc1ncc2c(n1)CCCCC2=O. The Morgan fingerprint density at radius 1 is 1.36 bits per heavy atom. The van der Waals surface area contributed by atoms with E-state index in [2.05, 4.69) is 15.3 Å². The van der Waals surface area contributed by atoms with Gasteiger partial charge in [0.05, 0.1) is 11.3 Å². The lowest BCUT2D eigenvalue weighted by atomic mass is 10.1. The molecule has 4 nitrogen and oxygen atoms in total. The molecule has 1 aliphatic rings. The molecule has 0 saturated heterocycles. The topological polar surface area (TPSA) is 54.9 Å². The molecule has 0 saturated carbocycles. The lowest BCUT2D eigenvalue weighted by Crippen LogP contribution is -2.06. The van der Waals surface area contributed by atoms with Crippen LogP contribution in [0.4, 0.5) is 5.95 Å². The number of hydrogen-bond donors (Lipinski definition) is 1. The van der Waals surface area contributed by atoms with Crippen molar-refractivity contribution in [3.63, 3.8) is 0 Å². The molecule has 1 aromatic rings. The van der Waals surface area contributed by atoms with E-state index in [4.69, 9.17) is 0 Å². The summed E-state index contributed by atoms with van der Waals surface area (Å²) in [6, 6.07) is 0. The van der Waals surface area contributed by atoms with Gasteiger partial charge >= 0.3 is 0 Å². The van der Waals surface area contributed by atoms with E-state index in [0.29, 0.717) is 17.9 Å². The van der Waals surface area contributed by atoms with E-state index in [1.54, 1.807) is 13.2 Å². The Balaban J connectivity index is 2.43. The maximum Gasteiger partial charge on any atom is 0.222 e. The molecule has 0 spiro atoms. The van der Waals surface area contributed by atoms with Gasteiger partial charge in [-0.2, -0.15) is 0 Å². The zero-order valence-corrected chi connectivity index (χ0v) is 8.21. The molecular formula is C10H13N3O. The van der Waals surface area contributed by atoms with E-state index in [9.17, 15) is 4.79 Å². The Bertz CT molecular complexity index is 362. The highest BCUT2D eigenvalue weighted by molar-refractivity contribution is 5.97. The highest BCUT2D eigenvalue weighted by Gasteiger charge is 2.17. The minimum atomic E-state index is 0.181. The summed E-state index contributed by atoms with van der Waals surface area (Å²) in [7, 11) is 1.78. The molecule has 0 aromatic carbocycles. The number of fused-ring (bicyclic) bond motifs is 1. The summed E-state index contributed by atoms with van der Waals surface area (Å²) in [6.45, 7) is 0. The fraction of sp³-hybridized carbons (Fsp3) is 0.500. The van der Waals surface area contributed by atoms with E-state index in [1.807, 2.05) is 0 Å². The number of Topliss-reactive ketones (excluding diaryl/α,β-unsaturated/α-hetero) is 1. The van der Waals surface area contributed by atoms with Crippen molar-refractivity contribution >= 4 is 11.7 Å². The molecule has 1 aliphatic carbocycles. The van der Waals surface area contributed by atoms with Crippen LogP contribution in [0.2, 0.25) is 0 Å². The van der Waals surface area contributed by atoms with Crippen molar-refractivity contribution in [3.8, 4) is 0 Å². The van der Waals surface area contributed by atoms with Crippen molar-refractivity contribution < 1.29 is 4.79 Å². The fourth-order valence-corrected chi connectivity index (χ4v) is 1.67. The molecule has 0 radical (unpaired) electrons. The van der Waals surface area contributed by atoms with Crippen molar-refractivity contribution in [1.29, 1.82) is 0 Å². The third kappa shape index (κ3) is 1.60. The number of nitrogens with zero attached hydrogens (tertiary/aromatic N) is 2. The van der Waals surface area contributed by atoms with Gasteiger partial charge in [-0.25, -0.2) is 9.97 Å². The Labute approximate surface area is 82.8 Å². The van der Waals surface area contributed by atoms with Crippen LogP contribution < -0.4 is 5.32 Å². The number of carbonyl (C=O) groups is 1. The standard InChI is InChI=1S/C10H13N3O/c1-11-10-12-6-7-8(13-10)4-2-3-5-9(7)14/h6H,2-5H2,1H3,(H,11,12,13). The van der Waals surface area contributed by atoms with Crippen molar-refractivity contribution in [2.75, 3.05) is 12.4 Å². The van der Waals surface area contributed by atoms with Crippen LogP contribution in [-0.2, 0) is 6.42 Å². The maximum atomic E-state index is 11.6. The molecule has 0 fully saturated rings. The molecular weight excluding hydrogens is 178 g/mol. The minimum absolute atomic E-state index is 0.181. The summed E-state index contributed by atoms with van der Waals surface area (Å²) in [5.74, 6) is 0.776. The summed E-state index contributed by atoms with van der Waals surface area (Å²) in [5, 5.41) is 2.88. The molecule has 0 unspecified atom stereocenters. The van der Waals surface area contributed by atoms with Crippen LogP contribution in [0, 0.1) is 0 Å². The normalized spacial score (nSPS) is 15.9. The molecule has 0 atom stereocenters. The van der Waals surface area contributed by atoms with Crippen molar-refractivity contribution in [3.05, 3.63) is 17.5 Å². The lowest BCUT2D eigenvalue weighted by Gasteiger charge is -2.04. The van der Waals surface area contributed by atoms with Crippen LogP contribution in [0.25, 0.3) is 0 Å². The zero-order chi connectivity index (χ0) is 9.97. The number of ketones is 1. The van der Waals surface area contributed by atoms with E-state index in [1.165, 1.54) is 0 Å². The largest absolute Gasteiger partial charge is 0.357 e. The van der Waals surface area contributed by atoms with Gasteiger partial charge in [0.15, 0.2) is 5.78 Å². The monoisotopic (exact) mass is 191 g/mol. The first-order chi connectivity index (χ1) is 6.81. The summed E-state index contributed by atoms with van der Waals surface area (Å²) >= 11 is 0. The van der Waals surface area contributed by atoms with Crippen LogP contribution in [0.1, 0.15) is 35.3 Å². The van der Waals surface area contributed by atoms with Gasteiger partial charge in [0.1, 0.15) is 0 Å². The zero-order valence-electron chi connectivity index (χ0n) is 8.21. The maximum absolute atomic E-state index is 11.6. The summed E-state index contributed by atoms with van der Waals surface area (Å²) in [5.41, 5.74) is 1.60. The molecule has 1 N–H and O–H groups in total. The third-order valence-corrected chi connectivity index (χ3v) is 2.46. The van der Waals surface area contributed by atoms with Gasteiger partial charge in [-0.1, -0.05) is 0 Å². The van der Waals surface area contributed by atoms with Gasteiger partial charge in [0.2, 0.25) is 5.95 Å². The van der Waals surface area contributed by atoms with E-state index >= 15 is 0 Å². The Morgan fingerprint density at radius 3 is 2.93 bits per heavy atom. The fourth-order valence-electron chi connectivity index (χ4n) is 1.67. The molecule has 4 heteroatoms. The first kappa shape index (κ1) is 9.12. The van der Waals surface area contributed by atoms with Gasteiger partial charge in [-0.05, 0) is 19.3 Å². The molecule has 0 amide bonds. The first-order valence-corrected chi connectivity index (χ1v) is 4.88. The molecule has 14 heavy (non-hydrogen) atoms. The van der Waals surface area contributed by atoms with Gasteiger partial charge < -0.3 is 5.32 Å². The average Bonchev–Trinajstić information content (AvgIpc) is 2.40. The summed E-state index contributed by atoms with van der Waals surface area (Å²) < 4.78 is 0. The van der Waals surface area contributed by atoms with Crippen LogP contribution in [-0.4, -0.2) is 22.8 Å². The molecule has 0 aliphatic heterocycles. The van der Waals surface area contributed by atoms with Gasteiger partial charge in [-0.3, -0.25) is 4.79 Å². The van der Waals surface area contributed by atoms with Crippen LogP contribution in [0.3, 0.4) is 0 Å². The van der Waals surface area contributed by atoms with Crippen molar-refractivity contribution in [2.24, 2.45) is 0 Å². The summed E-state index contributed by atoms with van der Waals surface area (Å²) in [6.07, 6.45) is 5.17. The Hall–Kier alpha value is -1.45. The summed E-state index contributed by atoms with van der Waals surface area (Å²) in [4.78, 5) is 20.0. The van der Waals surface area contributed by atoms with Crippen LogP contribution in [0.5, 0.6) is 0 Å².